The van der Waals surface area contributed by atoms with Crippen molar-refractivity contribution in [2.24, 2.45) is 10.7 Å². The number of alkyl halides is 1. The minimum Gasteiger partial charge on any atom is -0.378 e. The second kappa shape index (κ2) is 7.62. The van der Waals surface area contributed by atoms with Gasteiger partial charge in [-0.2, -0.15) is 0 Å². The number of amidine groups is 1. The average Bonchev–Trinajstić information content (AvgIpc) is 2.40. The van der Waals surface area contributed by atoms with E-state index >= 15 is 0 Å². The Kier molecular flexibility index (Phi) is 6.46. The largest absolute Gasteiger partial charge is 0.378 e. The molecular formula is C11H16IN5O2S. The van der Waals surface area contributed by atoms with Gasteiger partial charge in [0.15, 0.2) is 5.17 Å². The van der Waals surface area contributed by atoms with E-state index in [1.165, 1.54) is 11.8 Å². The predicted molar refractivity (Wildman–Crippen MR) is 89.4 cm³/mol. The molecule has 1 heterocycles. The number of nitrogens with two attached hydrogens (primary N) is 1. The molecule has 9 heteroatoms. The highest BCUT2D eigenvalue weighted by molar-refractivity contribution is 14.1. The van der Waals surface area contributed by atoms with Crippen molar-refractivity contribution in [1.29, 1.82) is 5.41 Å². The number of nitrogens with zero attached hydrogens (tertiary/aromatic N) is 1. The van der Waals surface area contributed by atoms with Crippen LogP contribution < -0.4 is 16.4 Å². The quantitative estimate of drug-likeness (QED) is 0.162. The van der Waals surface area contributed by atoms with Gasteiger partial charge in [0.2, 0.25) is 5.91 Å². The maximum absolute atomic E-state index is 11.8. The van der Waals surface area contributed by atoms with E-state index in [4.69, 9.17) is 11.1 Å². The van der Waals surface area contributed by atoms with E-state index < -0.39 is 17.7 Å². The van der Waals surface area contributed by atoms with Crippen LogP contribution in [0.1, 0.15) is 6.92 Å². The van der Waals surface area contributed by atoms with Gasteiger partial charge in [0.1, 0.15) is 11.8 Å². The van der Waals surface area contributed by atoms with Crippen molar-refractivity contribution in [2.45, 2.75) is 19.0 Å². The highest BCUT2D eigenvalue weighted by atomic mass is 127. The van der Waals surface area contributed by atoms with Crippen LogP contribution in [0.2, 0.25) is 0 Å². The molecule has 0 aliphatic carbocycles. The van der Waals surface area contributed by atoms with Crippen LogP contribution in [-0.4, -0.2) is 45.0 Å². The summed E-state index contributed by atoms with van der Waals surface area (Å²) in [4.78, 5) is 27.0. The Morgan fingerprint density at radius 1 is 1.70 bits per heavy atom. The van der Waals surface area contributed by atoms with Crippen LogP contribution >= 0.6 is 34.4 Å². The summed E-state index contributed by atoms with van der Waals surface area (Å²) in [5.41, 5.74) is 5.17. The minimum atomic E-state index is -0.678. The van der Waals surface area contributed by atoms with Crippen LogP contribution in [0, 0.1) is 5.41 Å². The highest BCUT2D eigenvalue weighted by Crippen LogP contribution is 2.10. The van der Waals surface area contributed by atoms with E-state index in [0.717, 1.165) is 5.75 Å². The molecule has 2 amide bonds. The first-order chi connectivity index (χ1) is 9.40. The lowest BCUT2D eigenvalue weighted by Crippen LogP contribution is -2.70. The summed E-state index contributed by atoms with van der Waals surface area (Å²) in [6, 6.07) is -0.698. The van der Waals surface area contributed by atoms with Crippen LogP contribution in [0.15, 0.2) is 17.3 Å². The number of hydrogen-bond donors (Lipinski definition) is 4. The molecule has 5 N–H and O–H groups in total. The van der Waals surface area contributed by atoms with E-state index in [9.17, 15) is 9.59 Å². The Hall–Kier alpha value is -1.10. The fourth-order valence-electron chi connectivity index (χ4n) is 1.45. The number of carbonyl (C=O) groups excluding carboxylic acids is 2. The fraction of sp³-hybridized carbons (Fsp3) is 0.455. The van der Waals surface area contributed by atoms with E-state index in [1.807, 2.05) is 6.92 Å². The molecule has 1 fully saturated rings. The third-order valence-corrected chi connectivity index (χ3v) is 4.14. The third kappa shape index (κ3) is 4.20. The number of nitrogens with one attached hydrogen (secondary N) is 3. The lowest BCUT2D eigenvalue weighted by atomic mass is 10.0. The van der Waals surface area contributed by atoms with Crippen LogP contribution in [0.5, 0.6) is 0 Å². The van der Waals surface area contributed by atoms with Gasteiger partial charge in [-0.25, -0.2) is 4.99 Å². The molecular weight excluding hydrogens is 393 g/mol. The second-order valence-electron chi connectivity index (χ2n) is 3.93. The van der Waals surface area contributed by atoms with E-state index in [-0.39, 0.29) is 22.8 Å². The standard InChI is InChI=1S/C11H16IN5O2S/c1-3-20-11(14)15-5(2)7(13)9(18)17-8-6(4-12)16-10(8)19/h6,8,13H,2-4H2,1H3,(H2,14,15)(H,16,19)(H,17,18). The van der Waals surface area contributed by atoms with Crippen molar-refractivity contribution in [1.82, 2.24) is 10.6 Å². The maximum atomic E-state index is 11.8. The van der Waals surface area contributed by atoms with Crippen LogP contribution in [0.4, 0.5) is 0 Å². The summed E-state index contributed by atoms with van der Waals surface area (Å²) in [5, 5.41) is 13.1. The summed E-state index contributed by atoms with van der Waals surface area (Å²) in [5.74, 6) is -0.187. The van der Waals surface area contributed by atoms with Crippen molar-refractivity contribution in [2.75, 3.05) is 10.2 Å². The maximum Gasteiger partial charge on any atom is 0.272 e. The Morgan fingerprint density at radius 2 is 2.35 bits per heavy atom. The highest BCUT2D eigenvalue weighted by Gasteiger charge is 2.40. The van der Waals surface area contributed by atoms with Gasteiger partial charge in [0.25, 0.3) is 5.91 Å². The van der Waals surface area contributed by atoms with Gasteiger partial charge in [-0.05, 0) is 5.75 Å². The minimum absolute atomic E-state index is 0.0216. The number of aliphatic imine (C=N–C) groups is 1. The molecule has 1 rings (SSSR count). The fourth-order valence-corrected chi connectivity index (χ4v) is 2.65. The molecule has 0 aromatic rings. The first kappa shape index (κ1) is 17.0. The van der Waals surface area contributed by atoms with Gasteiger partial charge < -0.3 is 16.4 Å². The number of rotatable bonds is 6. The Labute approximate surface area is 134 Å². The van der Waals surface area contributed by atoms with Gasteiger partial charge in [-0.15, -0.1) is 0 Å². The molecule has 110 valence electrons. The number of hydrogen-bond acceptors (Lipinski definition) is 5. The summed E-state index contributed by atoms with van der Waals surface area (Å²) < 4.78 is 0.682. The summed E-state index contributed by atoms with van der Waals surface area (Å²) in [6.45, 7) is 5.45. The van der Waals surface area contributed by atoms with Gasteiger partial charge in [-0.1, -0.05) is 47.9 Å². The average molecular weight is 409 g/mol. The van der Waals surface area contributed by atoms with Crippen LogP contribution in [0.3, 0.4) is 0 Å². The first-order valence-electron chi connectivity index (χ1n) is 5.82. The Morgan fingerprint density at radius 3 is 2.85 bits per heavy atom. The number of β-lactam (4-membered cyclic amide) rings is 1. The van der Waals surface area contributed by atoms with E-state index in [1.54, 1.807) is 0 Å². The first-order valence-corrected chi connectivity index (χ1v) is 8.33. The molecule has 7 nitrogen and oxygen atoms in total. The zero-order valence-electron chi connectivity index (χ0n) is 10.9. The molecule has 2 unspecified atom stereocenters. The van der Waals surface area contributed by atoms with Gasteiger partial charge in [0, 0.05) is 4.43 Å². The van der Waals surface area contributed by atoms with Crippen molar-refractivity contribution in [3.8, 4) is 0 Å². The van der Waals surface area contributed by atoms with Crippen LogP contribution in [-0.2, 0) is 9.59 Å². The third-order valence-electron chi connectivity index (χ3n) is 2.52. The Balaban J connectivity index is 2.59. The normalized spacial score (nSPS) is 21.7. The lowest BCUT2D eigenvalue weighted by molar-refractivity contribution is -0.134. The summed E-state index contributed by atoms with van der Waals surface area (Å²) in [7, 11) is 0. The van der Waals surface area contributed by atoms with Gasteiger partial charge in [-0.3, -0.25) is 15.0 Å². The van der Waals surface area contributed by atoms with Gasteiger partial charge >= 0.3 is 0 Å². The summed E-state index contributed by atoms with van der Waals surface area (Å²) in [6.07, 6.45) is 0. The lowest BCUT2D eigenvalue weighted by Gasteiger charge is -2.35. The van der Waals surface area contributed by atoms with Crippen LogP contribution in [0.25, 0.3) is 0 Å². The number of halogens is 1. The topological polar surface area (TPSA) is 120 Å². The molecule has 20 heavy (non-hydrogen) atoms. The van der Waals surface area contributed by atoms with Gasteiger partial charge in [0.05, 0.1) is 11.7 Å². The van der Waals surface area contributed by atoms with Crippen molar-refractivity contribution < 1.29 is 9.59 Å². The molecule has 1 aliphatic heterocycles. The van der Waals surface area contributed by atoms with Crippen molar-refractivity contribution >= 4 is 57.0 Å². The molecule has 0 bridgehead atoms. The zero-order valence-corrected chi connectivity index (χ0v) is 13.9. The predicted octanol–water partition coefficient (Wildman–Crippen LogP) is 0.00587. The van der Waals surface area contributed by atoms with Crippen molar-refractivity contribution in [3.63, 3.8) is 0 Å². The van der Waals surface area contributed by atoms with Crippen molar-refractivity contribution in [3.05, 3.63) is 12.3 Å². The molecule has 0 spiro atoms. The number of carbonyl (C=O) groups is 2. The Bertz CT molecular complexity index is 479. The monoisotopic (exact) mass is 409 g/mol. The van der Waals surface area contributed by atoms with E-state index in [0.29, 0.717) is 4.43 Å². The molecule has 0 aromatic heterocycles. The second-order valence-corrected chi connectivity index (χ2v) is 6.09. The molecule has 1 saturated heterocycles. The molecule has 2 atom stereocenters. The zero-order chi connectivity index (χ0) is 15.3. The number of thioether (sulfide) groups is 1. The number of amides is 2. The SMILES string of the molecule is C=C(/N=C(/N)SCC)C(=N)C(=O)NC1C(=O)NC1CI. The smallest absolute Gasteiger partial charge is 0.272 e. The molecule has 0 aromatic carbocycles. The molecule has 0 radical (unpaired) electrons. The molecule has 1 aliphatic rings. The molecule has 0 saturated carbocycles. The summed E-state index contributed by atoms with van der Waals surface area (Å²) >= 11 is 3.41. The van der Waals surface area contributed by atoms with E-state index in [2.05, 4.69) is 44.8 Å².